The smallest absolute Gasteiger partial charge is 0.414 e. The minimum absolute atomic E-state index is 0.0761. The fourth-order valence-electron chi connectivity index (χ4n) is 5.79. The molecule has 10 heteroatoms. The first kappa shape index (κ1) is 33.9. The molecule has 0 bridgehead atoms. The van der Waals surface area contributed by atoms with Gasteiger partial charge in [-0.25, -0.2) is 19.6 Å². The number of nitrogens with zero attached hydrogens (tertiary/aromatic N) is 4. The Labute approximate surface area is 280 Å². The van der Waals surface area contributed by atoms with E-state index in [4.69, 9.17) is 9.47 Å². The number of amides is 2. The molecule has 0 radical (unpaired) electrons. The summed E-state index contributed by atoms with van der Waals surface area (Å²) in [5, 5.41) is 0. The summed E-state index contributed by atoms with van der Waals surface area (Å²) in [6.07, 6.45) is 4.69. The lowest BCUT2D eigenvalue weighted by Crippen LogP contribution is -2.44. The van der Waals surface area contributed by atoms with Crippen LogP contribution in [0.4, 0.5) is 9.59 Å². The predicted molar refractivity (Wildman–Crippen MR) is 188 cm³/mol. The number of thiazole rings is 2. The molecule has 0 aliphatic carbocycles. The predicted octanol–water partition coefficient (Wildman–Crippen LogP) is 9.92. The monoisotopic (exact) mass is 662 g/mol. The maximum Gasteiger partial charge on any atom is 0.414 e. The highest BCUT2D eigenvalue weighted by atomic mass is 32.1. The highest BCUT2D eigenvalue weighted by Crippen LogP contribution is 2.36. The number of hydrogen-bond donors (Lipinski definition) is 0. The average molecular weight is 663 g/mol. The number of ether oxygens (including phenoxy) is 2. The number of benzene rings is 2. The number of allylic oxidation sites excluding steroid dienone is 1. The Morgan fingerprint density at radius 2 is 1.39 bits per heavy atom. The van der Waals surface area contributed by atoms with Crippen molar-refractivity contribution in [2.45, 2.75) is 91.9 Å². The van der Waals surface area contributed by atoms with Crippen LogP contribution in [0.25, 0.3) is 26.1 Å². The second kappa shape index (κ2) is 13.7. The summed E-state index contributed by atoms with van der Waals surface area (Å²) in [5.74, 6) is 0.927. The quantitative estimate of drug-likeness (QED) is 0.212. The molecular weight excluding hydrogens is 617 g/mol. The molecule has 2 aliphatic rings. The largest absolute Gasteiger partial charge is 0.444 e. The number of carbonyl (C=O) groups excluding carboxylic acids is 2. The normalized spacial score (nSPS) is 20.6. The van der Waals surface area contributed by atoms with Gasteiger partial charge in [0.15, 0.2) is 0 Å². The molecule has 2 aromatic carbocycles. The third-order valence-corrected chi connectivity index (χ3v) is 9.54. The summed E-state index contributed by atoms with van der Waals surface area (Å²) >= 11 is 3.26. The number of piperidine rings is 1. The van der Waals surface area contributed by atoms with Crippen molar-refractivity contribution in [2.24, 2.45) is 11.8 Å². The molecule has 1 saturated heterocycles. The van der Waals surface area contributed by atoms with Crippen molar-refractivity contribution < 1.29 is 19.1 Å². The van der Waals surface area contributed by atoms with Crippen LogP contribution in [-0.2, 0) is 9.47 Å². The number of rotatable bonds is 2. The first-order chi connectivity index (χ1) is 21.7. The fraction of sp³-hybridized carbons (Fsp3) is 0.500. The van der Waals surface area contributed by atoms with E-state index in [1.54, 1.807) is 27.6 Å². The molecular formula is C36H46N4O4S2. The second-order valence-corrected chi connectivity index (χ2v) is 16.2. The van der Waals surface area contributed by atoms with E-state index in [-0.39, 0.29) is 18.2 Å². The van der Waals surface area contributed by atoms with Crippen molar-refractivity contribution in [3.05, 3.63) is 64.6 Å². The van der Waals surface area contributed by atoms with E-state index in [1.165, 1.54) is 4.70 Å². The molecule has 0 saturated carbocycles. The van der Waals surface area contributed by atoms with Crippen LogP contribution >= 0.6 is 22.7 Å². The van der Waals surface area contributed by atoms with Gasteiger partial charge < -0.3 is 14.4 Å². The molecule has 3 unspecified atom stereocenters. The third-order valence-electron chi connectivity index (χ3n) is 7.92. The Morgan fingerprint density at radius 3 is 2.04 bits per heavy atom. The van der Waals surface area contributed by atoms with Gasteiger partial charge in [-0.15, -0.1) is 22.7 Å². The Kier molecular flexibility index (Phi) is 10.1. The first-order valence-electron chi connectivity index (χ1n) is 16.0. The number of fused-ring (bicyclic) bond motifs is 2. The van der Waals surface area contributed by atoms with E-state index in [9.17, 15) is 9.59 Å². The van der Waals surface area contributed by atoms with Gasteiger partial charge in [0.1, 0.15) is 11.2 Å². The molecule has 8 nitrogen and oxygen atoms in total. The van der Waals surface area contributed by atoms with Crippen LogP contribution in [0.15, 0.2) is 53.5 Å². The van der Waals surface area contributed by atoms with Crippen LogP contribution in [0.1, 0.15) is 91.8 Å². The van der Waals surface area contributed by atoms with E-state index in [1.807, 2.05) is 63.5 Å². The lowest BCUT2D eigenvalue weighted by Gasteiger charge is -2.39. The highest BCUT2D eigenvalue weighted by molar-refractivity contribution is 7.17. The third kappa shape index (κ3) is 8.45. The van der Waals surface area contributed by atoms with Crippen LogP contribution in [0, 0.1) is 11.8 Å². The first-order valence-corrected chi connectivity index (χ1v) is 17.8. The Morgan fingerprint density at radius 1 is 0.783 bits per heavy atom. The fourth-order valence-corrected chi connectivity index (χ4v) is 7.11. The molecule has 246 valence electrons. The maximum atomic E-state index is 12.6. The molecule has 1 fully saturated rings. The average Bonchev–Trinajstić information content (AvgIpc) is 3.64. The maximum absolute atomic E-state index is 12.6. The van der Waals surface area contributed by atoms with Gasteiger partial charge in [-0.2, -0.15) is 0 Å². The summed E-state index contributed by atoms with van der Waals surface area (Å²) in [6.45, 7) is 17.2. The summed E-state index contributed by atoms with van der Waals surface area (Å²) in [4.78, 5) is 37.7. The Hall–Kier alpha value is -3.50. The van der Waals surface area contributed by atoms with Crippen LogP contribution in [0.3, 0.4) is 0 Å². The van der Waals surface area contributed by atoms with E-state index < -0.39 is 11.2 Å². The summed E-state index contributed by atoms with van der Waals surface area (Å²) < 4.78 is 13.5. The second-order valence-electron chi connectivity index (χ2n) is 14.5. The zero-order valence-corrected chi connectivity index (χ0v) is 29.8. The van der Waals surface area contributed by atoms with Crippen molar-refractivity contribution in [3.8, 4) is 0 Å². The van der Waals surface area contributed by atoms with Crippen LogP contribution in [0.5, 0.6) is 0 Å². The molecule has 2 aliphatic heterocycles. The molecule has 3 atom stereocenters. The van der Waals surface area contributed by atoms with E-state index in [2.05, 4.69) is 60.2 Å². The molecule has 2 aromatic heterocycles. The van der Waals surface area contributed by atoms with Crippen LogP contribution in [0.2, 0.25) is 0 Å². The summed E-state index contributed by atoms with van der Waals surface area (Å²) in [5.41, 5.74) is 7.81. The van der Waals surface area contributed by atoms with E-state index in [0.29, 0.717) is 18.4 Å². The highest BCUT2D eigenvalue weighted by Gasteiger charge is 2.34. The van der Waals surface area contributed by atoms with Gasteiger partial charge in [0.25, 0.3) is 0 Å². The van der Waals surface area contributed by atoms with Gasteiger partial charge in [0, 0.05) is 18.7 Å². The Bertz CT molecular complexity index is 1710. The van der Waals surface area contributed by atoms with Crippen molar-refractivity contribution in [3.63, 3.8) is 0 Å². The van der Waals surface area contributed by atoms with Gasteiger partial charge in [-0.3, -0.25) is 4.90 Å². The van der Waals surface area contributed by atoms with Crippen LogP contribution in [-0.4, -0.2) is 56.2 Å². The number of aromatic nitrogens is 2. The molecule has 4 aromatic rings. The van der Waals surface area contributed by atoms with Gasteiger partial charge in [0.05, 0.1) is 43.2 Å². The number of likely N-dealkylation sites (tertiary alicyclic amines) is 1. The molecule has 2 amide bonds. The van der Waals surface area contributed by atoms with Crippen LogP contribution < -0.4 is 0 Å². The zero-order valence-electron chi connectivity index (χ0n) is 28.2. The van der Waals surface area contributed by atoms with Gasteiger partial charge in [0.2, 0.25) is 0 Å². The number of hydrogen-bond acceptors (Lipinski definition) is 8. The van der Waals surface area contributed by atoms with Crippen molar-refractivity contribution >= 4 is 61.0 Å². The SMILES string of the molecule is CC1CC=C(c2ccc3scnc3c2)N(C(=O)OC(C)(C)C)C1.CC1CCC(c2ccc3scnc3c2)N(C(=O)OC(C)(C)C)C1. The molecule has 0 N–H and O–H groups in total. The minimum Gasteiger partial charge on any atom is -0.444 e. The van der Waals surface area contributed by atoms with Gasteiger partial charge >= 0.3 is 12.2 Å². The van der Waals surface area contributed by atoms with Crippen molar-refractivity contribution in [1.82, 2.24) is 19.8 Å². The van der Waals surface area contributed by atoms with Gasteiger partial charge in [-0.05, 0) is 102 Å². The standard InChI is InChI=1S/C18H24N2O2S.C18H22N2O2S/c2*1-12-5-7-15(20(10-12)17(21)22-18(2,3)4)13-6-8-16-14(9-13)19-11-23-16/h6,8-9,11-12,15H,5,7,10H2,1-4H3;6-9,11-12H,5,10H2,1-4H3. The summed E-state index contributed by atoms with van der Waals surface area (Å²) in [7, 11) is 0. The Balaban J connectivity index is 0.000000181. The molecule has 6 rings (SSSR count). The molecule has 46 heavy (non-hydrogen) atoms. The molecule has 4 heterocycles. The lowest BCUT2D eigenvalue weighted by molar-refractivity contribution is 0.00361. The molecule has 0 spiro atoms. The van der Waals surface area contributed by atoms with Crippen molar-refractivity contribution in [1.29, 1.82) is 0 Å². The minimum atomic E-state index is -0.498. The zero-order chi connectivity index (χ0) is 33.2. The lowest BCUT2D eigenvalue weighted by atomic mass is 9.90. The van der Waals surface area contributed by atoms with E-state index in [0.717, 1.165) is 58.4 Å². The van der Waals surface area contributed by atoms with Gasteiger partial charge in [-0.1, -0.05) is 32.1 Å². The number of carbonyl (C=O) groups is 2. The van der Waals surface area contributed by atoms with Crippen molar-refractivity contribution in [2.75, 3.05) is 13.1 Å². The van der Waals surface area contributed by atoms with E-state index >= 15 is 0 Å². The summed E-state index contributed by atoms with van der Waals surface area (Å²) in [6, 6.07) is 12.6. The topological polar surface area (TPSA) is 84.9 Å².